The molecule has 2 heterocycles. The second kappa shape index (κ2) is 12.5. The molecule has 0 aliphatic carbocycles. The van der Waals surface area contributed by atoms with Crippen LogP contribution in [0.25, 0.3) is 0 Å². The molecule has 0 saturated heterocycles. The van der Waals surface area contributed by atoms with Gasteiger partial charge in [0, 0.05) is 12.4 Å². The topological polar surface area (TPSA) is 99.2 Å². The van der Waals surface area contributed by atoms with Crippen molar-refractivity contribution in [3.8, 4) is 0 Å². The minimum atomic E-state index is -4.36. The molecule has 0 aliphatic heterocycles. The molecule has 0 amide bonds. The van der Waals surface area contributed by atoms with Gasteiger partial charge in [-0.3, -0.25) is 9.36 Å². The first-order valence-corrected chi connectivity index (χ1v) is 11.5. The zero-order chi connectivity index (χ0) is 29.5. The van der Waals surface area contributed by atoms with Gasteiger partial charge in [-0.2, -0.15) is 36.5 Å². The molecule has 8 nitrogen and oxygen atoms in total. The minimum Gasteiger partial charge on any atom is -0.478 e. The highest BCUT2D eigenvalue weighted by Gasteiger charge is 2.30. The molecule has 212 valence electrons. The third kappa shape index (κ3) is 8.44. The predicted octanol–water partition coefficient (Wildman–Crippen LogP) is 5.78. The van der Waals surface area contributed by atoms with Crippen molar-refractivity contribution < 1.29 is 45.8 Å². The van der Waals surface area contributed by atoms with E-state index in [-0.39, 0.29) is 25.3 Å². The number of alkyl halides is 6. The highest BCUT2D eigenvalue weighted by atomic mass is 19.4. The average Bonchev–Trinajstić information content (AvgIpc) is 3.54. The fraction of sp³-hybridized carbons (Fsp3) is 0.231. The molecule has 1 N–H and O–H groups in total. The van der Waals surface area contributed by atoms with Crippen LogP contribution in [-0.2, 0) is 30.2 Å². The SMILES string of the molecule is CCOC(=O)c1cnn(Cc2ccc(C(F)(F)F)cc2)c1.O=C(O)c1cnn(Cc2ccc(C(F)(F)F)cc2)c1. The van der Waals surface area contributed by atoms with Crippen LogP contribution in [0, 0.1) is 0 Å². The van der Waals surface area contributed by atoms with E-state index in [2.05, 4.69) is 10.2 Å². The summed E-state index contributed by atoms with van der Waals surface area (Å²) in [7, 11) is 0. The summed E-state index contributed by atoms with van der Waals surface area (Å²) >= 11 is 0. The molecule has 0 radical (unpaired) electrons. The molecule has 0 aliphatic rings. The molecule has 4 rings (SSSR count). The van der Waals surface area contributed by atoms with Crippen LogP contribution in [0.5, 0.6) is 0 Å². The van der Waals surface area contributed by atoms with E-state index in [1.165, 1.54) is 58.4 Å². The number of carbonyl (C=O) groups excluding carboxylic acids is 1. The lowest BCUT2D eigenvalue weighted by Crippen LogP contribution is -2.06. The smallest absolute Gasteiger partial charge is 0.416 e. The summed E-state index contributed by atoms with van der Waals surface area (Å²) in [5, 5.41) is 16.5. The Morgan fingerprint density at radius 1 is 0.750 bits per heavy atom. The van der Waals surface area contributed by atoms with E-state index in [9.17, 15) is 35.9 Å². The number of hydrogen-bond acceptors (Lipinski definition) is 5. The summed E-state index contributed by atoms with van der Waals surface area (Å²) in [6.07, 6.45) is -3.34. The van der Waals surface area contributed by atoms with Gasteiger partial charge in [-0.05, 0) is 42.3 Å². The van der Waals surface area contributed by atoms with Crippen LogP contribution in [0.3, 0.4) is 0 Å². The Hall–Kier alpha value is -4.62. The fourth-order valence-electron chi connectivity index (χ4n) is 3.30. The number of hydrogen-bond donors (Lipinski definition) is 1. The van der Waals surface area contributed by atoms with Gasteiger partial charge in [-0.1, -0.05) is 24.3 Å². The Balaban J connectivity index is 0.000000222. The molecule has 2 aromatic carbocycles. The van der Waals surface area contributed by atoms with E-state index >= 15 is 0 Å². The van der Waals surface area contributed by atoms with E-state index in [4.69, 9.17) is 9.84 Å². The van der Waals surface area contributed by atoms with E-state index in [0.29, 0.717) is 16.7 Å². The lowest BCUT2D eigenvalue weighted by Gasteiger charge is -2.07. The number of ether oxygens (including phenoxy) is 1. The Bertz CT molecular complexity index is 1430. The molecule has 4 aromatic rings. The average molecular weight is 568 g/mol. The summed E-state index contributed by atoms with van der Waals surface area (Å²) in [6.45, 7) is 2.45. The number of carboxylic acids is 1. The monoisotopic (exact) mass is 568 g/mol. The number of carbonyl (C=O) groups is 2. The van der Waals surface area contributed by atoms with Crippen molar-refractivity contribution in [1.82, 2.24) is 19.6 Å². The third-order valence-electron chi connectivity index (χ3n) is 5.28. The first kappa shape index (κ1) is 29.9. The number of aromatic carboxylic acids is 1. The van der Waals surface area contributed by atoms with Crippen LogP contribution in [0.2, 0.25) is 0 Å². The van der Waals surface area contributed by atoms with Crippen molar-refractivity contribution in [2.24, 2.45) is 0 Å². The van der Waals surface area contributed by atoms with Gasteiger partial charge in [0.25, 0.3) is 0 Å². The standard InChI is InChI=1S/C14H13F3N2O2.C12H9F3N2O2/c1-2-21-13(20)11-7-18-19(9-11)8-10-3-5-12(6-4-10)14(15,16)17;13-12(14,15)10-3-1-8(2-4-10)6-17-7-9(5-16-17)11(18)19/h3-7,9H,2,8H2,1H3;1-5,7H,6H2,(H,18,19). The molecule has 0 atom stereocenters. The Morgan fingerprint density at radius 3 is 1.50 bits per heavy atom. The molecular weight excluding hydrogens is 546 g/mol. The zero-order valence-corrected chi connectivity index (χ0v) is 20.8. The molecule has 0 saturated carbocycles. The van der Waals surface area contributed by atoms with E-state index < -0.39 is 35.4 Å². The molecule has 2 aromatic heterocycles. The zero-order valence-electron chi connectivity index (χ0n) is 20.8. The molecular formula is C26H22F6N4O4. The summed E-state index contributed by atoms with van der Waals surface area (Å²) in [6, 6.07) is 9.45. The first-order chi connectivity index (χ1) is 18.8. The van der Waals surface area contributed by atoms with E-state index in [1.807, 2.05) is 0 Å². The molecule has 0 unspecified atom stereocenters. The maximum absolute atomic E-state index is 12.4. The number of halogens is 6. The number of nitrogens with zero attached hydrogens (tertiary/aromatic N) is 4. The molecule has 40 heavy (non-hydrogen) atoms. The van der Waals surface area contributed by atoms with Gasteiger partial charge >= 0.3 is 24.3 Å². The van der Waals surface area contributed by atoms with Crippen LogP contribution in [0.1, 0.15) is 49.9 Å². The van der Waals surface area contributed by atoms with Crippen molar-refractivity contribution in [3.05, 3.63) is 107 Å². The van der Waals surface area contributed by atoms with Crippen LogP contribution in [-0.4, -0.2) is 43.2 Å². The van der Waals surface area contributed by atoms with Crippen LogP contribution in [0.4, 0.5) is 26.3 Å². The van der Waals surface area contributed by atoms with Gasteiger partial charge in [0.05, 0.1) is 54.3 Å². The van der Waals surface area contributed by atoms with Gasteiger partial charge in [0.2, 0.25) is 0 Å². The van der Waals surface area contributed by atoms with Crippen molar-refractivity contribution in [2.75, 3.05) is 6.61 Å². The largest absolute Gasteiger partial charge is 0.478 e. The molecule has 0 spiro atoms. The van der Waals surface area contributed by atoms with Gasteiger partial charge in [-0.15, -0.1) is 0 Å². The first-order valence-electron chi connectivity index (χ1n) is 11.5. The lowest BCUT2D eigenvalue weighted by atomic mass is 10.1. The minimum absolute atomic E-state index is 0.0342. The summed E-state index contributed by atoms with van der Waals surface area (Å²) in [5.41, 5.74) is 0.187. The van der Waals surface area contributed by atoms with Gasteiger partial charge in [0.15, 0.2) is 0 Å². The fourth-order valence-corrected chi connectivity index (χ4v) is 3.30. The van der Waals surface area contributed by atoms with Gasteiger partial charge < -0.3 is 9.84 Å². The number of benzene rings is 2. The highest BCUT2D eigenvalue weighted by molar-refractivity contribution is 5.88. The summed E-state index contributed by atoms with van der Waals surface area (Å²) in [4.78, 5) is 22.1. The van der Waals surface area contributed by atoms with Gasteiger partial charge in [-0.25, -0.2) is 9.59 Å². The summed E-state index contributed by atoms with van der Waals surface area (Å²) in [5.74, 6) is -1.57. The van der Waals surface area contributed by atoms with Gasteiger partial charge in [0.1, 0.15) is 0 Å². The number of esters is 1. The highest BCUT2D eigenvalue weighted by Crippen LogP contribution is 2.30. The third-order valence-corrected chi connectivity index (χ3v) is 5.28. The van der Waals surface area contributed by atoms with Crippen molar-refractivity contribution in [3.63, 3.8) is 0 Å². The van der Waals surface area contributed by atoms with Crippen molar-refractivity contribution in [1.29, 1.82) is 0 Å². The van der Waals surface area contributed by atoms with Crippen LogP contribution in [0.15, 0.2) is 73.3 Å². The quantitative estimate of drug-likeness (QED) is 0.224. The number of carboxylic acid groups (broad SMARTS) is 1. The number of aromatic nitrogens is 4. The lowest BCUT2D eigenvalue weighted by molar-refractivity contribution is -0.138. The maximum atomic E-state index is 12.4. The van der Waals surface area contributed by atoms with E-state index in [0.717, 1.165) is 24.3 Å². The molecule has 14 heteroatoms. The van der Waals surface area contributed by atoms with E-state index in [1.54, 1.807) is 6.92 Å². The van der Waals surface area contributed by atoms with Crippen LogP contribution < -0.4 is 0 Å². The predicted molar refractivity (Wildman–Crippen MR) is 128 cm³/mol. The Morgan fingerprint density at radius 2 is 1.15 bits per heavy atom. The Kier molecular flexibility index (Phi) is 9.35. The normalized spacial score (nSPS) is 11.5. The Labute approximate surface area is 223 Å². The summed E-state index contributed by atoms with van der Waals surface area (Å²) < 4.78 is 82.0. The second-order valence-corrected chi connectivity index (χ2v) is 8.27. The number of rotatable bonds is 7. The molecule has 0 fully saturated rings. The second-order valence-electron chi connectivity index (χ2n) is 8.27. The van der Waals surface area contributed by atoms with Crippen LogP contribution >= 0.6 is 0 Å². The van der Waals surface area contributed by atoms with Crippen molar-refractivity contribution in [2.45, 2.75) is 32.4 Å². The van der Waals surface area contributed by atoms with Crippen molar-refractivity contribution >= 4 is 11.9 Å². The maximum Gasteiger partial charge on any atom is 0.416 e. The molecule has 0 bridgehead atoms.